The average Bonchev–Trinajstić information content (AvgIpc) is 2.46. The molecule has 0 saturated carbocycles. The van der Waals surface area contributed by atoms with Gasteiger partial charge in [0.25, 0.3) is 0 Å². The lowest BCUT2D eigenvalue weighted by atomic mass is 10.1. The number of carbonyl (C=O) groups excluding carboxylic acids is 1. The van der Waals surface area contributed by atoms with Gasteiger partial charge in [-0.1, -0.05) is 6.92 Å². The maximum Gasteiger partial charge on any atom is 0.376 e. The fraction of sp³-hybridized carbons (Fsp3) is 0.533. The van der Waals surface area contributed by atoms with Crippen molar-refractivity contribution in [2.75, 3.05) is 19.8 Å². The van der Waals surface area contributed by atoms with Crippen LogP contribution in [0.5, 0.6) is 11.5 Å². The molecule has 0 radical (unpaired) electrons. The SMILES string of the molecule is CCOOC(=O)c1cc(CC)cc(OCC)c1OCC. The standard InChI is InChI=1S/C15H22O5/c1-5-11-9-12(15(16)20-19-8-4)14(18-7-3)13(10-11)17-6-2/h9-10H,5-8H2,1-4H3. The summed E-state index contributed by atoms with van der Waals surface area (Å²) in [4.78, 5) is 21.5. The van der Waals surface area contributed by atoms with Crippen molar-refractivity contribution in [1.29, 1.82) is 0 Å². The summed E-state index contributed by atoms with van der Waals surface area (Å²) in [6.07, 6.45) is 0.779. The first kappa shape index (κ1) is 16.3. The van der Waals surface area contributed by atoms with Crippen LogP contribution in [0.15, 0.2) is 12.1 Å². The van der Waals surface area contributed by atoms with E-state index in [1.165, 1.54) is 0 Å². The first-order valence-corrected chi connectivity index (χ1v) is 6.94. The van der Waals surface area contributed by atoms with Gasteiger partial charge in [-0.15, -0.1) is 0 Å². The molecule has 0 saturated heterocycles. The molecular formula is C15H22O5. The van der Waals surface area contributed by atoms with Crippen molar-refractivity contribution in [2.45, 2.75) is 34.1 Å². The molecule has 0 heterocycles. The van der Waals surface area contributed by atoms with Gasteiger partial charge in [-0.05, 0) is 44.9 Å². The van der Waals surface area contributed by atoms with Gasteiger partial charge in [-0.25, -0.2) is 4.79 Å². The van der Waals surface area contributed by atoms with E-state index in [4.69, 9.17) is 19.2 Å². The Balaban J connectivity index is 3.21. The molecule has 0 amide bonds. The van der Waals surface area contributed by atoms with Crippen LogP contribution < -0.4 is 9.47 Å². The van der Waals surface area contributed by atoms with E-state index < -0.39 is 5.97 Å². The molecule has 5 heteroatoms. The maximum absolute atomic E-state index is 12.0. The van der Waals surface area contributed by atoms with Gasteiger partial charge >= 0.3 is 5.97 Å². The second-order valence-electron chi connectivity index (χ2n) is 3.97. The minimum Gasteiger partial charge on any atom is -0.490 e. The van der Waals surface area contributed by atoms with Gasteiger partial charge in [0.1, 0.15) is 5.56 Å². The van der Waals surface area contributed by atoms with E-state index in [2.05, 4.69) is 0 Å². The average molecular weight is 282 g/mol. The third-order valence-corrected chi connectivity index (χ3v) is 2.58. The van der Waals surface area contributed by atoms with Crippen molar-refractivity contribution in [3.05, 3.63) is 23.3 Å². The second kappa shape index (κ2) is 8.43. The van der Waals surface area contributed by atoms with Gasteiger partial charge in [0.05, 0.1) is 19.8 Å². The molecule has 1 aromatic rings. The number of benzene rings is 1. The summed E-state index contributed by atoms with van der Waals surface area (Å²) in [5, 5.41) is 0. The van der Waals surface area contributed by atoms with Crippen LogP contribution in [-0.4, -0.2) is 25.8 Å². The summed E-state index contributed by atoms with van der Waals surface area (Å²) in [5.41, 5.74) is 1.29. The van der Waals surface area contributed by atoms with Crippen LogP contribution >= 0.6 is 0 Å². The lowest BCUT2D eigenvalue weighted by Crippen LogP contribution is -2.11. The molecule has 0 unspecified atom stereocenters. The number of rotatable bonds is 8. The first-order valence-electron chi connectivity index (χ1n) is 6.94. The summed E-state index contributed by atoms with van der Waals surface area (Å²) in [6.45, 7) is 8.69. The highest BCUT2D eigenvalue weighted by molar-refractivity contribution is 5.93. The second-order valence-corrected chi connectivity index (χ2v) is 3.97. The molecule has 1 rings (SSSR count). The highest BCUT2D eigenvalue weighted by Gasteiger charge is 2.21. The van der Waals surface area contributed by atoms with Gasteiger partial charge < -0.3 is 9.47 Å². The molecular weight excluding hydrogens is 260 g/mol. The Morgan fingerprint density at radius 2 is 1.70 bits per heavy atom. The largest absolute Gasteiger partial charge is 0.490 e. The third kappa shape index (κ3) is 4.13. The molecule has 20 heavy (non-hydrogen) atoms. The lowest BCUT2D eigenvalue weighted by molar-refractivity contribution is -0.237. The Morgan fingerprint density at radius 3 is 2.25 bits per heavy atom. The van der Waals surface area contributed by atoms with E-state index in [0.717, 1.165) is 12.0 Å². The summed E-state index contributed by atoms with van der Waals surface area (Å²) in [7, 11) is 0. The van der Waals surface area contributed by atoms with E-state index in [1.54, 1.807) is 13.0 Å². The van der Waals surface area contributed by atoms with Crippen molar-refractivity contribution in [1.82, 2.24) is 0 Å². The monoisotopic (exact) mass is 282 g/mol. The molecule has 5 nitrogen and oxygen atoms in total. The Labute approximate surface area is 119 Å². The summed E-state index contributed by atoms with van der Waals surface area (Å²) in [5.74, 6) is 0.375. The quantitative estimate of drug-likeness (QED) is 0.541. The highest BCUT2D eigenvalue weighted by atomic mass is 17.2. The van der Waals surface area contributed by atoms with Crippen LogP contribution in [0.2, 0.25) is 0 Å². The predicted octanol–water partition coefficient (Wildman–Crippen LogP) is 3.15. The summed E-state index contributed by atoms with van der Waals surface area (Å²) >= 11 is 0. The number of ether oxygens (including phenoxy) is 2. The van der Waals surface area contributed by atoms with Crippen LogP contribution in [0.25, 0.3) is 0 Å². The number of hydrogen-bond acceptors (Lipinski definition) is 5. The van der Waals surface area contributed by atoms with E-state index >= 15 is 0 Å². The Bertz CT molecular complexity index is 442. The summed E-state index contributed by atoms with van der Waals surface area (Å²) in [6, 6.07) is 3.63. The normalized spacial score (nSPS) is 10.2. The van der Waals surface area contributed by atoms with Gasteiger partial charge in [-0.3, -0.25) is 4.89 Å². The number of aryl methyl sites for hydroxylation is 1. The molecule has 0 fully saturated rings. The Hall–Kier alpha value is -1.75. The summed E-state index contributed by atoms with van der Waals surface area (Å²) < 4.78 is 11.1. The first-order chi connectivity index (χ1) is 9.67. The number of carbonyl (C=O) groups is 1. The highest BCUT2D eigenvalue weighted by Crippen LogP contribution is 2.34. The molecule has 0 atom stereocenters. The Kier molecular flexibility index (Phi) is 6.87. The van der Waals surface area contributed by atoms with E-state index in [-0.39, 0.29) is 0 Å². The molecule has 0 spiro atoms. The van der Waals surface area contributed by atoms with Crippen molar-refractivity contribution >= 4 is 5.97 Å². The smallest absolute Gasteiger partial charge is 0.376 e. The molecule has 0 aliphatic rings. The zero-order chi connectivity index (χ0) is 15.0. The predicted molar refractivity (Wildman–Crippen MR) is 75.2 cm³/mol. The van der Waals surface area contributed by atoms with Crippen LogP contribution in [-0.2, 0) is 16.2 Å². The Morgan fingerprint density at radius 1 is 1.00 bits per heavy atom. The molecule has 0 N–H and O–H groups in total. The zero-order valence-corrected chi connectivity index (χ0v) is 12.5. The van der Waals surface area contributed by atoms with E-state index in [0.29, 0.717) is 36.9 Å². The fourth-order valence-corrected chi connectivity index (χ4v) is 1.73. The fourth-order valence-electron chi connectivity index (χ4n) is 1.73. The molecule has 0 aromatic heterocycles. The zero-order valence-electron chi connectivity index (χ0n) is 12.5. The number of hydrogen-bond donors (Lipinski definition) is 0. The van der Waals surface area contributed by atoms with Crippen molar-refractivity contribution < 1.29 is 24.0 Å². The van der Waals surface area contributed by atoms with Crippen LogP contribution in [0.3, 0.4) is 0 Å². The van der Waals surface area contributed by atoms with Crippen LogP contribution in [0, 0.1) is 0 Å². The maximum atomic E-state index is 12.0. The third-order valence-electron chi connectivity index (χ3n) is 2.58. The van der Waals surface area contributed by atoms with Crippen LogP contribution in [0.4, 0.5) is 0 Å². The van der Waals surface area contributed by atoms with Gasteiger partial charge in [0.15, 0.2) is 11.5 Å². The lowest BCUT2D eigenvalue weighted by Gasteiger charge is -2.15. The molecule has 1 aromatic carbocycles. The van der Waals surface area contributed by atoms with Crippen molar-refractivity contribution in [3.8, 4) is 11.5 Å². The topological polar surface area (TPSA) is 54.0 Å². The van der Waals surface area contributed by atoms with Gasteiger partial charge in [0, 0.05) is 0 Å². The van der Waals surface area contributed by atoms with Crippen molar-refractivity contribution in [3.63, 3.8) is 0 Å². The van der Waals surface area contributed by atoms with Gasteiger partial charge in [0.2, 0.25) is 0 Å². The molecule has 0 aliphatic carbocycles. The van der Waals surface area contributed by atoms with Crippen LogP contribution in [0.1, 0.15) is 43.6 Å². The van der Waals surface area contributed by atoms with Gasteiger partial charge in [-0.2, -0.15) is 4.89 Å². The van der Waals surface area contributed by atoms with Crippen molar-refractivity contribution in [2.24, 2.45) is 0 Å². The molecule has 112 valence electrons. The minimum absolute atomic E-state index is 0.293. The minimum atomic E-state index is -0.577. The molecule has 0 bridgehead atoms. The van der Waals surface area contributed by atoms with E-state index in [9.17, 15) is 4.79 Å². The van der Waals surface area contributed by atoms with E-state index in [1.807, 2.05) is 26.8 Å². The molecule has 0 aliphatic heterocycles.